The number of pyridine rings is 2. The zero-order chi connectivity index (χ0) is 15.5. The Morgan fingerprint density at radius 1 is 1.23 bits per heavy atom. The van der Waals surface area contributed by atoms with Crippen molar-refractivity contribution >= 4 is 38.6 Å². The van der Waals surface area contributed by atoms with Crippen molar-refractivity contribution in [3.8, 4) is 0 Å². The van der Waals surface area contributed by atoms with Gasteiger partial charge in [-0.2, -0.15) is 11.8 Å². The predicted octanol–water partition coefficient (Wildman–Crippen LogP) is 4.13. The molecule has 3 rings (SSSR count). The Bertz CT molecular complexity index is 876. The van der Waals surface area contributed by atoms with Crippen molar-refractivity contribution < 1.29 is 0 Å². The molecule has 2 heterocycles. The second-order valence-electron chi connectivity index (χ2n) is 5.12. The maximum Gasteiger partial charge on any atom is 0.250 e. The molecule has 3 aromatic rings. The van der Waals surface area contributed by atoms with E-state index >= 15 is 0 Å². The van der Waals surface area contributed by atoms with Gasteiger partial charge in [0.05, 0.1) is 5.52 Å². The van der Waals surface area contributed by atoms with Crippen LogP contribution in [0.3, 0.4) is 0 Å². The first kappa shape index (κ1) is 15.3. The molecule has 0 radical (unpaired) electrons. The van der Waals surface area contributed by atoms with Gasteiger partial charge in [0.1, 0.15) is 0 Å². The van der Waals surface area contributed by atoms with Crippen LogP contribution in [0.4, 0.5) is 0 Å². The molecule has 0 bridgehead atoms. The van der Waals surface area contributed by atoms with Gasteiger partial charge in [-0.1, -0.05) is 22.0 Å². The number of rotatable bonds is 4. The summed E-state index contributed by atoms with van der Waals surface area (Å²) in [6.45, 7) is 0. The maximum absolute atomic E-state index is 11.6. The van der Waals surface area contributed by atoms with Gasteiger partial charge in [-0.25, -0.2) is 0 Å². The molecular formula is C17H15BrN2OS. The summed E-state index contributed by atoms with van der Waals surface area (Å²) in [7, 11) is 1.76. The van der Waals surface area contributed by atoms with Crippen molar-refractivity contribution in [3.63, 3.8) is 0 Å². The van der Waals surface area contributed by atoms with Crippen LogP contribution in [0.15, 0.2) is 58.1 Å². The lowest BCUT2D eigenvalue weighted by molar-refractivity contribution is 0.855. The minimum Gasteiger partial charge on any atom is -0.319 e. The molecule has 0 atom stereocenters. The van der Waals surface area contributed by atoms with Gasteiger partial charge in [0, 0.05) is 46.9 Å². The summed E-state index contributed by atoms with van der Waals surface area (Å²) < 4.78 is 2.65. The number of aryl methyl sites for hydroxylation is 1. The summed E-state index contributed by atoms with van der Waals surface area (Å²) in [5.41, 5.74) is 3.34. The summed E-state index contributed by atoms with van der Waals surface area (Å²) in [5.74, 6) is 1.68. The highest BCUT2D eigenvalue weighted by atomic mass is 79.9. The van der Waals surface area contributed by atoms with Gasteiger partial charge in [0.15, 0.2) is 0 Å². The second kappa shape index (κ2) is 6.67. The maximum atomic E-state index is 11.6. The highest BCUT2D eigenvalue weighted by Crippen LogP contribution is 2.26. The molecule has 1 aromatic carbocycles. The van der Waals surface area contributed by atoms with Gasteiger partial charge in [0.25, 0.3) is 5.56 Å². The van der Waals surface area contributed by atoms with Crippen molar-refractivity contribution in [1.29, 1.82) is 0 Å². The number of benzene rings is 1. The fraction of sp³-hybridized carbons (Fsp3) is 0.176. The second-order valence-corrected chi connectivity index (χ2v) is 7.02. The van der Waals surface area contributed by atoms with Crippen LogP contribution in [-0.2, 0) is 18.6 Å². The number of hydrogen-bond acceptors (Lipinski definition) is 3. The summed E-state index contributed by atoms with van der Waals surface area (Å²) in [5, 5.41) is 1.14. The standard InChI is InChI=1S/C17H15BrN2OS/c1-20-6-4-12(7-16(20)21)10-22-11-14-9-15(18)8-13-3-2-5-19-17(13)14/h2-9H,10-11H2,1H3. The molecule has 0 aliphatic rings. The summed E-state index contributed by atoms with van der Waals surface area (Å²) in [4.78, 5) is 16.1. The SMILES string of the molecule is Cn1ccc(CSCc2cc(Br)cc3cccnc23)cc1=O. The van der Waals surface area contributed by atoms with Gasteiger partial charge in [0.2, 0.25) is 0 Å². The molecule has 0 aliphatic carbocycles. The van der Waals surface area contributed by atoms with Crippen molar-refractivity contribution in [3.05, 3.63) is 74.7 Å². The third-order valence-electron chi connectivity index (χ3n) is 3.44. The van der Waals surface area contributed by atoms with Gasteiger partial charge in [-0.15, -0.1) is 0 Å². The molecule has 0 unspecified atom stereocenters. The normalized spacial score (nSPS) is 11.0. The quantitative estimate of drug-likeness (QED) is 0.688. The Morgan fingerprint density at radius 3 is 2.91 bits per heavy atom. The fourth-order valence-electron chi connectivity index (χ4n) is 2.30. The highest BCUT2D eigenvalue weighted by molar-refractivity contribution is 9.10. The third kappa shape index (κ3) is 3.42. The minimum absolute atomic E-state index is 0.0349. The first-order chi connectivity index (χ1) is 10.6. The number of nitrogens with zero attached hydrogens (tertiary/aromatic N) is 2. The van der Waals surface area contributed by atoms with Gasteiger partial charge >= 0.3 is 0 Å². The van der Waals surface area contributed by atoms with Crippen LogP contribution >= 0.6 is 27.7 Å². The topological polar surface area (TPSA) is 34.9 Å². The van der Waals surface area contributed by atoms with E-state index < -0.39 is 0 Å². The molecule has 0 saturated heterocycles. The fourth-order valence-corrected chi connectivity index (χ4v) is 3.78. The number of fused-ring (bicyclic) bond motifs is 1. The average Bonchev–Trinajstić information content (AvgIpc) is 2.50. The molecule has 3 nitrogen and oxygen atoms in total. The molecule has 112 valence electrons. The summed E-state index contributed by atoms with van der Waals surface area (Å²) in [6, 6.07) is 11.9. The molecule has 0 spiro atoms. The molecule has 0 amide bonds. The Balaban J connectivity index is 1.76. The Labute approximate surface area is 141 Å². The molecule has 5 heteroatoms. The zero-order valence-corrected chi connectivity index (χ0v) is 14.5. The number of halogens is 1. The Hall–Kier alpha value is -1.59. The molecule has 0 saturated carbocycles. The number of aromatic nitrogens is 2. The van der Waals surface area contributed by atoms with E-state index in [0.29, 0.717) is 0 Å². The molecule has 0 fully saturated rings. The smallest absolute Gasteiger partial charge is 0.250 e. The van der Waals surface area contributed by atoms with Crippen LogP contribution in [0.1, 0.15) is 11.1 Å². The van der Waals surface area contributed by atoms with E-state index in [1.165, 1.54) is 5.56 Å². The highest BCUT2D eigenvalue weighted by Gasteiger charge is 2.05. The van der Waals surface area contributed by atoms with Crippen molar-refractivity contribution in [1.82, 2.24) is 9.55 Å². The van der Waals surface area contributed by atoms with E-state index in [1.54, 1.807) is 29.4 Å². The number of hydrogen-bond donors (Lipinski definition) is 0. The van der Waals surface area contributed by atoms with Crippen LogP contribution in [-0.4, -0.2) is 9.55 Å². The minimum atomic E-state index is 0.0349. The zero-order valence-electron chi connectivity index (χ0n) is 12.1. The third-order valence-corrected chi connectivity index (χ3v) is 4.95. The average molecular weight is 375 g/mol. The van der Waals surface area contributed by atoms with Crippen molar-refractivity contribution in [2.45, 2.75) is 11.5 Å². The monoisotopic (exact) mass is 374 g/mol. The van der Waals surface area contributed by atoms with Gasteiger partial charge in [-0.3, -0.25) is 9.78 Å². The van der Waals surface area contributed by atoms with E-state index in [1.807, 2.05) is 24.5 Å². The molecule has 0 aliphatic heterocycles. The van der Waals surface area contributed by atoms with Crippen molar-refractivity contribution in [2.75, 3.05) is 0 Å². The van der Waals surface area contributed by atoms with Gasteiger partial charge < -0.3 is 4.57 Å². The van der Waals surface area contributed by atoms with Crippen LogP contribution in [0, 0.1) is 0 Å². The molecule has 0 N–H and O–H groups in total. The molecular weight excluding hydrogens is 360 g/mol. The van der Waals surface area contributed by atoms with E-state index in [4.69, 9.17) is 0 Å². The summed E-state index contributed by atoms with van der Waals surface area (Å²) in [6.07, 6.45) is 3.64. The Morgan fingerprint density at radius 2 is 2.09 bits per heavy atom. The number of thioether (sulfide) groups is 1. The lowest BCUT2D eigenvalue weighted by Gasteiger charge is -2.07. The van der Waals surface area contributed by atoms with Crippen molar-refractivity contribution in [2.24, 2.45) is 7.05 Å². The van der Waals surface area contributed by atoms with E-state index in [2.05, 4.69) is 39.1 Å². The van der Waals surface area contributed by atoms with E-state index in [9.17, 15) is 4.79 Å². The Kier molecular flexibility index (Phi) is 4.64. The van der Waals surface area contributed by atoms with E-state index in [0.717, 1.165) is 32.4 Å². The lowest BCUT2D eigenvalue weighted by atomic mass is 10.1. The molecule has 22 heavy (non-hydrogen) atoms. The van der Waals surface area contributed by atoms with Crippen LogP contribution in [0.5, 0.6) is 0 Å². The first-order valence-corrected chi connectivity index (χ1v) is 8.85. The largest absolute Gasteiger partial charge is 0.319 e. The predicted molar refractivity (Wildman–Crippen MR) is 96.1 cm³/mol. The lowest BCUT2D eigenvalue weighted by Crippen LogP contribution is -2.14. The van der Waals surface area contributed by atoms with Crippen LogP contribution < -0.4 is 5.56 Å². The van der Waals surface area contributed by atoms with Crippen LogP contribution in [0.2, 0.25) is 0 Å². The van der Waals surface area contributed by atoms with E-state index in [-0.39, 0.29) is 5.56 Å². The first-order valence-electron chi connectivity index (χ1n) is 6.90. The molecule has 2 aromatic heterocycles. The van der Waals surface area contributed by atoms with Gasteiger partial charge in [-0.05, 0) is 35.4 Å². The van der Waals surface area contributed by atoms with Crippen LogP contribution in [0.25, 0.3) is 10.9 Å². The summed E-state index contributed by atoms with van der Waals surface area (Å²) >= 11 is 5.35.